The molecule has 1 heterocycles. The summed E-state index contributed by atoms with van der Waals surface area (Å²) < 4.78 is 0. The van der Waals surface area contributed by atoms with Gasteiger partial charge in [0.25, 0.3) is 5.91 Å². The van der Waals surface area contributed by atoms with Gasteiger partial charge in [0.1, 0.15) is 0 Å². The largest absolute Gasteiger partial charge is 0.302 e. The molecule has 2 rings (SSSR count). The van der Waals surface area contributed by atoms with Crippen LogP contribution in [0.15, 0.2) is 35.7 Å². The van der Waals surface area contributed by atoms with E-state index in [9.17, 15) is 9.59 Å². The van der Waals surface area contributed by atoms with Crippen molar-refractivity contribution in [1.29, 1.82) is 0 Å². The molecule has 0 saturated heterocycles. The number of amides is 2. The molecule has 0 bridgehead atoms. The van der Waals surface area contributed by atoms with Gasteiger partial charge >= 0.3 is 0 Å². The molecule has 2 amide bonds. The van der Waals surface area contributed by atoms with Crippen LogP contribution in [0.3, 0.4) is 0 Å². The Kier molecular flexibility index (Phi) is 4.81. The number of nitrogens with zero attached hydrogens (tertiary/aromatic N) is 1. The molecule has 0 atom stereocenters. The summed E-state index contributed by atoms with van der Waals surface area (Å²) in [5.41, 5.74) is 4.02. The highest BCUT2D eigenvalue weighted by molar-refractivity contribution is 7.14. The van der Waals surface area contributed by atoms with Crippen molar-refractivity contribution in [1.82, 2.24) is 10.5 Å². The molecule has 0 saturated carbocycles. The highest BCUT2D eigenvalue weighted by Crippen LogP contribution is 2.25. The molecule has 0 unspecified atom stereocenters. The van der Waals surface area contributed by atoms with Crippen LogP contribution in [0.1, 0.15) is 12.5 Å². The summed E-state index contributed by atoms with van der Waals surface area (Å²) >= 11 is 1.36. The summed E-state index contributed by atoms with van der Waals surface area (Å²) in [7, 11) is 0. The Labute approximate surface area is 125 Å². The highest BCUT2D eigenvalue weighted by Gasteiger charge is 2.05. The normalized spacial score (nSPS) is 10.6. The Bertz CT molecular complexity index is 677. The molecule has 6 nitrogen and oxygen atoms in total. The lowest BCUT2D eigenvalue weighted by Crippen LogP contribution is -2.14. The average molecular weight is 303 g/mol. The topological polar surface area (TPSA) is 91.3 Å². The summed E-state index contributed by atoms with van der Waals surface area (Å²) in [6, 6.07) is 7.38. The Hall–Kier alpha value is -2.51. The highest BCUT2D eigenvalue weighted by atomic mass is 32.1. The van der Waals surface area contributed by atoms with Crippen molar-refractivity contribution in [2.45, 2.75) is 6.92 Å². The van der Waals surface area contributed by atoms with E-state index in [4.69, 9.17) is 5.21 Å². The van der Waals surface area contributed by atoms with Crippen molar-refractivity contribution < 1.29 is 14.8 Å². The molecule has 0 spiro atoms. The first-order valence-electron chi connectivity index (χ1n) is 6.04. The van der Waals surface area contributed by atoms with Crippen LogP contribution in [-0.4, -0.2) is 22.0 Å². The van der Waals surface area contributed by atoms with Crippen LogP contribution in [0.4, 0.5) is 5.13 Å². The van der Waals surface area contributed by atoms with Gasteiger partial charge in [-0.2, -0.15) is 0 Å². The van der Waals surface area contributed by atoms with Gasteiger partial charge in [0.05, 0.1) is 5.69 Å². The number of hydroxylamine groups is 1. The third-order valence-corrected chi connectivity index (χ3v) is 3.29. The zero-order valence-corrected chi connectivity index (χ0v) is 12.0. The molecule has 0 aliphatic heterocycles. The molecule has 0 radical (unpaired) electrons. The van der Waals surface area contributed by atoms with Gasteiger partial charge in [-0.3, -0.25) is 14.8 Å². The molecule has 1 aromatic heterocycles. The Morgan fingerprint density at radius 2 is 2.00 bits per heavy atom. The summed E-state index contributed by atoms with van der Waals surface area (Å²) in [6.45, 7) is 1.44. The smallest absolute Gasteiger partial charge is 0.267 e. The molecular formula is C14H13N3O3S. The minimum absolute atomic E-state index is 0.154. The summed E-state index contributed by atoms with van der Waals surface area (Å²) in [4.78, 5) is 26.1. The standard InChI is InChI=1S/C14H13N3O3S/c1-9(18)15-14-16-12(8-21-14)11-5-2-10(3-6-11)4-7-13(19)17-20/h2-8,20H,1H3,(H,17,19)(H,15,16,18). The van der Waals surface area contributed by atoms with E-state index < -0.39 is 5.91 Å². The van der Waals surface area contributed by atoms with E-state index in [0.717, 1.165) is 16.8 Å². The molecule has 21 heavy (non-hydrogen) atoms. The van der Waals surface area contributed by atoms with Gasteiger partial charge in [-0.15, -0.1) is 11.3 Å². The zero-order valence-electron chi connectivity index (χ0n) is 11.2. The van der Waals surface area contributed by atoms with Gasteiger partial charge in [0, 0.05) is 23.9 Å². The van der Waals surface area contributed by atoms with Crippen LogP contribution in [0.2, 0.25) is 0 Å². The minimum Gasteiger partial charge on any atom is -0.302 e. The molecular weight excluding hydrogens is 290 g/mol. The lowest BCUT2D eigenvalue weighted by atomic mass is 10.1. The van der Waals surface area contributed by atoms with Crippen LogP contribution in [0.25, 0.3) is 17.3 Å². The van der Waals surface area contributed by atoms with Gasteiger partial charge in [-0.05, 0) is 11.6 Å². The third kappa shape index (κ3) is 4.23. The van der Waals surface area contributed by atoms with E-state index in [1.807, 2.05) is 29.6 Å². The van der Waals surface area contributed by atoms with Gasteiger partial charge in [0.15, 0.2) is 5.13 Å². The number of hydrogen-bond acceptors (Lipinski definition) is 5. The number of thiazole rings is 1. The second-order valence-electron chi connectivity index (χ2n) is 4.15. The fourth-order valence-corrected chi connectivity index (χ4v) is 2.35. The monoisotopic (exact) mass is 303 g/mol. The van der Waals surface area contributed by atoms with Gasteiger partial charge < -0.3 is 5.32 Å². The lowest BCUT2D eigenvalue weighted by molar-refractivity contribution is -0.124. The van der Waals surface area contributed by atoms with Crippen LogP contribution in [0.5, 0.6) is 0 Å². The fourth-order valence-electron chi connectivity index (χ4n) is 1.59. The second-order valence-corrected chi connectivity index (χ2v) is 5.01. The maximum absolute atomic E-state index is 11.0. The SMILES string of the molecule is CC(=O)Nc1nc(-c2ccc(C=CC(=O)NO)cc2)cs1. The Morgan fingerprint density at radius 1 is 1.29 bits per heavy atom. The van der Waals surface area contributed by atoms with Crippen molar-refractivity contribution in [2.24, 2.45) is 0 Å². The number of carbonyl (C=O) groups excluding carboxylic acids is 2. The van der Waals surface area contributed by atoms with Crippen molar-refractivity contribution in [3.8, 4) is 11.3 Å². The molecule has 108 valence electrons. The van der Waals surface area contributed by atoms with E-state index in [1.165, 1.54) is 29.8 Å². The molecule has 1 aromatic carbocycles. The number of hydrogen-bond donors (Lipinski definition) is 3. The first kappa shape index (κ1) is 14.9. The van der Waals surface area contributed by atoms with Gasteiger partial charge in [0.2, 0.25) is 5.91 Å². The zero-order chi connectivity index (χ0) is 15.2. The van der Waals surface area contributed by atoms with Gasteiger partial charge in [-0.25, -0.2) is 10.5 Å². The first-order valence-corrected chi connectivity index (χ1v) is 6.92. The van der Waals surface area contributed by atoms with Crippen LogP contribution < -0.4 is 10.8 Å². The Balaban J connectivity index is 2.11. The lowest BCUT2D eigenvalue weighted by Gasteiger charge is -1.98. The predicted molar refractivity (Wildman–Crippen MR) is 80.8 cm³/mol. The maximum Gasteiger partial charge on any atom is 0.267 e. The predicted octanol–water partition coefficient (Wildman–Crippen LogP) is 2.29. The average Bonchev–Trinajstić information content (AvgIpc) is 2.93. The molecule has 2 aromatic rings. The van der Waals surface area contributed by atoms with E-state index in [0.29, 0.717) is 5.13 Å². The van der Waals surface area contributed by atoms with E-state index in [-0.39, 0.29) is 5.91 Å². The van der Waals surface area contributed by atoms with E-state index in [1.54, 1.807) is 6.08 Å². The number of benzene rings is 1. The molecule has 0 aliphatic rings. The molecule has 3 N–H and O–H groups in total. The van der Waals surface area contributed by atoms with Crippen LogP contribution >= 0.6 is 11.3 Å². The second kappa shape index (κ2) is 6.78. The van der Waals surface area contributed by atoms with Crippen LogP contribution in [-0.2, 0) is 9.59 Å². The number of anilines is 1. The maximum atomic E-state index is 11.0. The van der Waals surface area contributed by atoms with Crippen molar-refractivity contribution in [3.63, 3.8) is 0 Å². The van der Waals surface area contributed by atoms with E-state index >= 15 is 0 Å². The molecule has 0 aliphatic carbocycles. The summed E-state index contributed by atoms with van der Waals surface area (Å²) in [6.07, 6.45) is 2.81. The quantitative estimate of drug-likeness (QED) is 0.459. The van der Waals surface area contributed by atoms with Crippen molar-refractivity contribution >= 4 is 34.4 Å². The van der Waals surface area contributed by atoms with Crippen LogP contribution in [0, 0.1) is 0 Å². The fraction of sp³-hybridized carbons (Fsp3) is 0.0714. The molecule has 7 heteroatoms. The number of nitrogens with one attached hydrogen (secondary N) is 2. The van der Waals surface area contributed by atoms with E-state index in [2.05, 4.69) is 10.3 Å². The Morgan fingerprint density at radius 3 is 2.62 bits per heavy atom. The van der Waals surface area contributed by atoms with Gasteiger partial charge in [-0.1, -0.05) is 24.3 Å². The number of carbonyl (C=O) groups is 2. The summed E-state index contributed by atoms with van der Waals surface area (Å²) in [5.74, 6) is -0.739. The summed E-state index contributed by atoms with van der Waals surface area (Å²) in [5, 5.41) is 13.4. The number of rotatable bonds is 4. The number of aromatic nitrogens is 1. The third-order valence-electron chi connectivity index (χ3n) is 2.53. The first-order chi connectivity index (χ1) is 10.1. The minimum atomic E-state index is -0.585. The van der Waals surface area contributed by atoms with Crippen molar-refractivity contribution in [2.75, 3.05) is 5.32 Å². The van der Waals surface area contributed by atoms with Crippen molar-refractivity contribution in [3.05, 3.63) is 41.3 Å². The molecule has 0 fully saturated rings.